The molecule has 0 spiro atoms. The number of aliphatic hydroxyl groups is 1. The van der Waals surface area contributed by atoms with Gasteiger partial charge in [-0.2, -0.15) is 0 Å². The molecule has 0 amide bonds. The first kappa shape index (κ1) is 15.1. The molecule has 0 aromatic heterocycles. The van der Waals surface area contributed by atoms with Gasteiger partial charge >= 0.3 is 0 Å². The van der Waals surface area contributed by atoms with Gasteiger partial charge in [0.1, 0.15) is 0 Å². The zero-order valence-electron chi connectivity index (χ0n) is 11.2. The second-order valence-electron chi connectivity index (χ2n) is 4.26. The standard InChI is InChI=1S/C14H21ClO3/c1-4-10(5-2)9-18-14-12(15)6-11(8-16)7-13(14)17-3/h6-7,10,16H,4-5,8-9H2,1-3H3. The lowest BCUT2D eigenvalue weighted by molar-refractivity contribution is 0.230. The van der Waals surface area contributed by atoms with Gasteiger partial charge in [-0.05, 0) is 23.6 Å². The molecule has 0 unspecified atom stereocenters. The number of ether oxygens (including phenoxy) is 2. The molecule has 102 valence electrons. The van der Waals surface area contributed by atoms with Gasteiger partial charge in [-0.1, -0.05) is 38.3 Å². The fraction of sp³-hybridized carbons (Fsp3) is 0.571. The first-order chi connectivity index (χ1) is 8.65. The summed E-state index contributed by atoms with van der Waals surface area (Å²) >= 11 is 6.15. The first-order valence-corrected chi connectivity index (χ1v) is 6.64. The van der Waals surface area contributed by atoms with Crippen molar-refractivity contribution in [1.82, 2.24) is 0 Å². The van der Waals surface area contributed by atoms with Crippen LogP contribution in [0.15, 0.2) is 12.1 Å². The van der Waals surface area contributed by atoms with Crippen molar-refractivity contribution >= 4 is 11.6 Å². The number of methoxy groups -OCH3 is 1. The lowest BCUT2D eigenvalue weighted by Gasteiger charge is -2.17. The molecule has 0 aliphatic heterocycles. The Morgan fingerprint density at radius 2 is 1.94 bits per heavy atom. The SMILES string of the molecule is CCC(CC)COc1c(Cl)cc(CO)cc1OC. The van der Waals surface area contributed by atoms with Gasteiger partial charge in [0.25, 0.3) is 0 Å². The molecule has 3 nitrogen and oxygen atoms in total. The van der Waals surface area contributed by atoms with Crippen LogP contribution >= 0.6 is 11.6 Å². The van der Waals surface area contributed by atoms with Gasteiger partial charge < -0.3 is 14.6 Å². The van der Waals surface area contributed by atoms with Crippen LogP contribution in [-0.4, -0.2) is 18.8 Å². The highest BCUT2D eigenvalue weighted by atomic mass is 35.5. The van der Waals surface area contributed by atoms with Crippen LogP contribution in [0.2, 0.25) is 5.02 Å². The molecule has 0 saturated carbocycles. The lowest BCUT2D eigenvalue weighted by Crippen LogP contribution is -2.11. The van der Waals surface area contributed by atoms with Crippen LogP contribution in [0.3, 0.4) is 0 Å². The van der Waals surface area contributed by atoms with Gasteiger partial charge in [0.2, 0.25) is 0 Å². The van der Waals surface area contributed by atoms with Gasteiger partial charge in [0.05, 0.1) is 25.3 Å². The third-order valence-electron chi connectivity index (χ3n) is 3.09. The van der Waals surface area contributed by atoms with Crippen molar-refractivity contribution in [3.05, 3.63) is 22.7 Å². The quantitative estimate of drug-likeness (QED) is 0.823. The monoisotopic (exact) mass is 272 g/mol. The van der Waals surface area contributed by atoms with E-state index < -0.39 is 0 Å². The fourth-order valence-electron chi connectivity index (χ4n) is 1.73. The summed E-state index contributed by atoms with van der Waals surface area (Å²) in [6.45, 7) is 4.85. The minimum absolute atomic E-state index is 0.0666. The average molecular weight is 273 g/mol. The number of halogens is 1. The number of aliphatic hydroxyl groups excluding tert-OH is 1. The smallest absolute Gasteiger partial charge is 0.179 e. The molecular formula is C14H21ClO3. The second kappa shape index (κ2) is 7.49. The normalized spacial score (nSPS) is 10.8. The van der Waals surface area contributed by atoms with E-state index in [9.17, 15) is 0 Å². The predicted octanol–water partition coefficient (Wildman–Crippen LogP) is 3.66. The Labute approximate surface area is 114 Å². The molecule has 1 rings (SSSR count). The van der Waals surface area contributed by atoms with Crippen molar-refractivity contribution in [2.45, 2.75) is 33.3 Å². The number of rotatable bonds is 7. The van der Waals surface area contributed by atoms with E-state index in [0.717, 1.165) is 12.8 Å². The van der Waals surface area contributed by atoms with Gasteiger partial charge in [0.15, 0.2) is 11.5 Å². The van der Waals surface area contributed by atoms with E-state index in [4.69, 9.17) is 26.2 Å². The molecule has 0 aliphatic rings. The minimum Gasteiger partial charge on any atom is -0.493 e. The van der Waals surface area contributed by atoms with Crippen LogP contribution in [0.4, 0.5) is 0 Å². The van der Waals surface area contributed by atoms with Gasteiger partial charge in [0, 0.05) is 0 Å². The summed E-state index contributed by atoms with van der Waals surface area (Å²) in [5.74, 6) is 1.64. The number of benzene rings is 1. The maximum atomic E-state index is 9.11. The van der Waals surface area contributed by atoms with Crippen LogP contribution in [0, 0.1) is 5.92 Å². The van der Waals surface area contributed by atoms with Crippen molar-refractivity contribution in [1.29, 1.82) is 0 Å². The van der Waals surface area contributed by atoms with E-state index in [1.165, 1.54) is 0 Å². The van der Waals surface area contributed by atoms with Crippen LogP contribution in [0.1, 0.15) is 32.3 Å². The summed E-state index contributed by atoms with van der Waals surface area (Å²) in [4.78, 5) is 0. The van der Waals surface area contributed by atoms with E-state index in [2.05, 4.69) is 13.8 Å². The van der Waals surface area contributed by atoms with Crippen LogP contribution < -0.4 is 9.47 Å². The summed E-state index contributed by atoms with van der Waals surface area (Å²) in [6, 6.07) is 3.44. The zero-order valence-corrected chi connectivity index (χ0v) is 12.0. The Hall–Kier alpha value is -0.930. The van der Waals surface area contributed by atoms with Gasteiger partial charge in [-0.25, -0.2) is 0 Å². The van der Waals surface area contributed by atoms with E-state index in [1.54, 1.807) is 19.2 Å². The Morgan fingerprint density at radius 3 is 2.44 bits per heavy atom. The second-order valence-corrected chi connectivity index (χ2v) is 4.67. The molecule has 0 heterocycles. The van der Waals surface area contributed by atoms with Crippen molar-refractivity contribution in [3.63, 3.8) is 0 Å². The Morgan fingerprint density at radius 1 is 1.28 bits per heavy atom. The molecule has 4 heteroatoms. The Bertz CT molecular complexity index is 376. The molecule has 0 saturated heterocycles. The maximum Gasteiger partial charge on any atom is 0.179 e. The highest BCUT2D eigenvalue weighted by molar-refractivity contribution is 6.32. The van der Waals surface area contributed by atoms with Crippen molar-refractivity contribution < 1.29 is 14.6 Å². The summed E-state index contributed by atoms with van der Waals surface area (Å²) in [5, 5.41) is 9.59. The first-order valence-electron chi connectivity index (χ1n) is 6.26. The summed E-state index contributed by atoms with van der Waals surface area (Å²) in [7, 11) is 1.57. The van der Waals surface area contributed by atoms with E-state index in [-0.39, 0.29) is 6.61 Å². The summed E-state index contributed by atoms with van der Waals surface area (Å²) in [5.41, 5.74) is 0.715. The third-order valence-corrected chi connectivity index (χ3v) is 3.37. The molecule has 1 aromatic rings. The molecule has 0 atom stereocenters. The highest BCUT2D eigenvalue weighted by Crippen LogP contribution is 2.36. The molecule has 0 aliphatic carbocycles. The average Bonchev–Trinajstić information content (AvgIpc) is 2.40. The van der Waals surface area contributed by atoms with Crippen molar-refractivity contribution in [2.24, 2.45) is 5.92 Å². The molecule has 1 N–H and O–H groups in total. The van der Waals surface area contributed by atoms with E-state index in [0.29, 0.717) is 34.6 Å². The van der Waals surface area contributed by atoms with Gasteiger partial charge in [-0.3, -0.25) is 0 Å². The zero-order chi connectivity index (χ0) is 13.5. The van der Waals surface area contributed by atoms with Crippen molar-refractivity contribution in [2.75, 3.05) is 13.7 Å². The molecule has 1 aromatic carbocycles. The number of hydrogen-bond donors (Lipinski definition) is 1. The van der Waals surface area contributed by atoms with E-state index in [1.807, 2.05) is 0 Å². The third kappa shape index (κ3) is 3.79. The van der Waals surface area contributed by atoms with Crippen LogP contribution in [0.5, 0.6) is 11.5 Å². The Balaban J connectivity index is 2.87. The minimum atomic E-state index is -0.0666. The Kier molecular flexibility index (Phi) is 6.30. The van der Waals surface area contributed by atoms with Crippen LogP contribution in [-0.2, 0) is 6.61 Å². The van der Waals surface area contributed by atoms with Gasteiger partial charge in [-0.15, -0.1) is 0 Å². The summed E-state index contributed by atoms with van der Waals surface area (Å²) < 4.78 is 11.0. The predicted molar refractivity (Wildman–Crippen MR) is 73.5 cm³/mol. The summed E-state index contributed by atoms with van der Waals surface area (Å²) in [6.07, 6.45) is 2.15. The topological polar surface area (TPSA) is 38.7 Å². The highest BCUT2D eigenvalue weighted by Gasteiger charge is 2.13. The molecule has 18 heavy (non-hydrogen) atoms. The lowest BCUT2D eigenvalue weighted by atomic mass is 10.1. The maximum absolute atomic E-state index is 9.11. The molecule has 0 radical (unpaired) electrons. The molecule has 0 bridgehead atoms. The van der Waals surface area contributed by atoms with Crippen molar-refractivity contribution in [3.8, 4) is 11.5 Å². The van der Waals surface area contributed by atoms with E-state index >= 15 is 0 Å². The number of hydrogen-bond acceptors (Lipinski definition) is 3. The fourth-order valence-corrected chi connectivity index (χ4v) is 2.02. The largest absolute Gasteiger partial charge is 0.493 e. The molecule has 0 fully saturated rings. The van der Waals surface area contributed by atoms with Crippen LogP contribution in [0.25, 0.3) is 0 Å². The molecular weight excluding hydrogens is 252 g/mol.